The Bertz CT molecular complexity index is 1220. The summed E-state index contributed by atoms with van der Waals surface area (Å²) in [6.45, 7) is 0.873. The lowest BCUT2D eigenvalue weighted by Crippen LogP contribution is -2.50. The lowest BCUT2D eigenvalue weighted by atomic mass is 10.2. The van der Waals surface area contributed by atoms with Gasteiger partial charge in [-0.1, -0.05) is 18.2 Å². The second kappa shape index (κ2) is 8.89. The van der Waals surface area contributed by atoms with Crippen molar-refractivity contribution in [2.45, 2.75) is 11.3 Å². The standard InChI is InChI=1S/C21H21N5O5S/c27-21(14-17-15-22-25(16-17)18-4-2-1-3-5-18)23-10-12-24(13-11-23)32(30,31)20-8-6-19(7-9-20)26(28)29/h1-9,15-16H,10-14H2. The zero-order valence-electron chi connectivity index (χ0n) is 17.1. The van der Waals surface area contributed by atoms with Crippen LogP contribution in [0.3, 0.4) is 0 Å². The summed E-state index contributed by atoms with van der Waals surface area (Å²) in [4.78, 5) is 24.5. The fraction of sp³-hybridized carbons (Fsp3) is 0.238. The molecular weight excluding hydrogens is 434 g/mol. The van der Waals surface area contributed by atoms with Gasteiger partial charge in [0.2, 0.25) is 15.9 Å². The topological polar surface area (TPSA) is 119 Å². The highest BCUT2D eigenvalue weighted by Gasteiger charge is 2.30. The first-order valence-corrected chi connectivity index (χ1v) is 11.4. The molecule has 0 spiro atoms. The highest BCUT2D eigenvalue weighted by atomic mass is 32.2. The Morgan fingerprint density at radius 3 is 2.28 bits per heavy atom. The zero-order valence-corrected chi connectivity index (χ0v) is 17.9. The van der Waals surface area contributed by atoms with E-state index in [2.05, 4.69) is 5.10 Å². The Balaban J connectivity index is 1.35. The zero-order chi connectivity index (χ0) is 22.7. The van der Waals surface area contributed by atoms with Crippen molar-refractivity contribution in [3.8, 4) is 5.69 Å². The van der Waals surface area contributed by atoms with Crippen molar-refractivity contribution in [1.82, 2.24) is 19.0 Å². The maximum atomic E-state index is 12.8. The molecule has 3 aromatic rings. The van der Waals surface area contributed by atoms with Crippen molar-refractivity contribution in [1.29, 1.82) is 0 Å². The van der Waals surface area contributed by atoms with Crippen molar-refractivity contribution in [3.05, 3.63) is 82.7 Å². The molecule has 1 aliphatic heterocycles. The third-order valence-corrected chi connectivity index (χ3v) is 7.20. The molecular formula is C21H21N5O5S. The Morgan fingerprint density at radius 1 is 1.00 bits per heavy atom. The first kappa shape index (κ1) is 21.7. The summed E-state index contributed by atoms with van der Waals surface area (Å²) in [6.07, 6.45) is 3.64. The molecule has 0 atom stereocenters. The van der Waals surface area contributed by atoms with E-state index in [9.17, 15) is 23.3 Å². The number of rotatable bonds is 6. The number of carbonyl (C=O) groups is 1. The largest absolute Gasteiger partial charge is 0.340 e. The molecule has 1 saturated heterocycles. The summed E-state index contributed by atoms with van der Waals surface area (Å²) in [7, 11) is -3.78. The van der Waals surface area contributed by atoms with E-state index in [-0.39, 0.29) is 49.1 Å². The molecule has 32 heavy (non-hydrogen) atoms. The predicted octanol–water partition coefficient (Wildman–Crippen LogP) is 1.86. The van der Waals surface area contributed by atoms with Crippen LogP contribution < -0.4 is 0 Å². The average Bonchev–Trinajstić information content (AvgIpc) is 3.28. The van der Waals surface area contributed by atoms with Crippen LogP contribution in [-0.4, -0.2) is 64.4 Å². The molecule has 1 amide bonds. The minimum atomic E-state index is -3.78. The van der Waals surface area contributed by atoms with E-state index >= 15 is 0 Å². The normalized spacial score (nSPS) is 14.9. The predicted molar refractivity (Wildman–Crippen MR) is 116 cm³/mol. The number of carbonyl (C=O) groups excluding carboxylic acids is 1. The Morgan fingerprint density at radius 2 is 1.66 bits per heavy atom. The fourth-order valence-electron chi connectivity index (χ4n) is 3.53. The summed E-state index contributed by atoms with van der Waals surface area (Å²) < 4.78 is 28.6. The van der Waals surface area contributed by atoms with Crippen molar-refractivity contribution in [2.24, 2.45) is 0 Å². The van der Waals surface area contributed by atoms with Crippen molar-refractivity contribution < 1.29 is 18.1 Å². The molecule has 1 aliphatic rings. The van der Waals surface area contributed by atoms with Crippen LogP contribution in [0, 0.1) is 10.1 Å². The van der Waals surface area contributed by atoms with Gasteiger partial charge in [-0.05, 0) is 29.8 Å². The third kappa shape index (κ3) is 4.53. The van der Waals surface area contributed by atoms with Crippen LogP contribution in [0.5, 0.6) is 0 Å². The number of hydrogen-bond donors (Lipinski definition) is 0. The van der Waals surface area contributed by atoms with Crippen molar-refractivity contribution in [2.75, 3.05) is 26.2 Å². The Labute approximate surface area is 184 Å². The molecule has 10 nitrogen and oxygen atoms in total. The van der Waals surface area contributed by atoms with E-state index in [4.69, 9.17) is 0 Å². The molecule has 11 heteroatoms. The second-order valence-corrected chi connectivity index (χ2v) is 9.28. The number of nitrogens with zero attached hydrogens (tertiary/aromatic N) is 5. The molecule has 4 rings (SSSR count). The van der Waals surface area contributed by atoms with Crippen LogP contribution in [-0.2, 0) is 21.2 Å². The van der Waals surface area contributed by atoms with Crippen LogP contribution >= 0.6 is 0 Å². The Kier molecular flexibility index (Phi) is 6.01. The third-order valence-electron chi connectivity index (χ3n) is 5.29. The number of piperazine rings is 1. The maximum Gasteiger partial charge on any atom is 0.269 e. The van der Waals surface area contributed by atoms with Crippen LogP contribution in [0.15, 0.2) is 71.9 Å². The number of amides is 1. The van der Waals surface area contributed by atoms with E-state index in [1.54, 1.807) is 15.8 Å². The fourth-order valence-corrected chi connectivity index (χ4v) is 4.95. The number of aromatic nitrogens is 2. The van der Waals surface area contributed by atoms with Gasteiger partial charge in [-0.25, -0.2) is 13.1 Å². The van der Waals surface area contributed by atoms with Crippen LogP contribution in [0.4, 0.5) is 5.69 Å². The van der Waals surface area contributed by atoms with E-state index in [1.807, 2.05) is 36.5 Å². The van der Waals surface area contributed by atoms with E-state index in [0.717, 1.165) is 11.3 Å². The summed E-state index contributed by atoms with van der Waals surface area (Å²) in [6, 6.07) is 14.4. The first-order chi connectivity index (χ1) is 15.3. The second-order valence-electron chi connectivity index (χ2n) is 7.34. The highest BCUT2D eigenvalue weighted by molar-refractivity contribution is 7.89. The molecule has 0 saturated carbocycles. The van der Waals surface area contributed by atoms with E-state index < -0.39 is 14.9 Å². The van der Waals surface area contributed by atoms with Gasteiger partial charge in [-0.15, -0.1) is 0 Å². The molecule has 0 aliphatic carbocycles. The maximum absolute atomic E-state index is 12.8. The smallest absolute Gasteiger partial charge is 0.269 e. The highest BCUT2D eigenvalue weighted by Crippen LogP contribution is 2.21. The van der Waals surface area contributed by atoms with Gasteiger partial charge in [-0.2, -0.15) is 9.40 Å². The number of hydrogen-bond acceptors (Lipinski definition) is 6. The molecule has 1 fully saturated rings. The van der Waals surface area contributed by atoms with Gasteiger partial charge in [0.1, 0.15) is 0 Å². The number of sulfonamides is 1. The number of benzene rings is 2. The summed E-state index contributed by atoms with van der Waals surface area (Å²) in [5, 5.41) is 15.1. The lowest BCUT2D eigenvalue weighted by Gasteiger charge is -2.34. The Hall–Kier alpha value is -3.57. The van der Waals surface area contributed by atoms with Gasteiger partial charge < -0.3 is 4.90 Å². The van der Waals surface area contributed by atoms with Gasteiger partial charge >= 0.3 is 0 Å². The minimum absolute atomic E-state index is 0.00352. The molecule has 0 bridgehead atoms. The minimum Gasteiger partial charge on any atom is -0.340 e. The van der Waals surface area contributed by atoms with Gasteiger partial charge in [-0.3, -0.25) is 14.9 Å². The monoisotopic (exact) mass is 455 g/mol. The summed E-state index contributed by atoms with van der Waals surface area (Å²) in [5.41, 5.74) is 1.51. The van der Waals surface area contributed by atoms with Crippen LogP contribution in [0.2, 0.25) is 0 Å². The van der Waals surface area contributed by atoms with Gasteiger partial charge in [0.05, 0.1) is 28.1 Å². The number of nitro benzene ring substituents is 1. The number of para-hydroxylation sites is 1. The molecule has 0 unspecified atom stereocenters. The van der Waals surface area contributed by atoms with Gasteiger partial charge in [0.25, 0.3) is 5.69 Å². The van der Waals surface area contributed by atoms with Crippen molar-refractivity contribution in [3.63, 3.8) is 0 Å². The quantitative estimate of drug-likeness (QED) is 0.413. The summed E-state index contributed by atoms with van der Waals surface area (Å²) >= 11 is 0. The van der Waals surface area contributed by atoms with Gasteiger partial charge in [0, 0.05) is 44.5 Å². The number of nitro groups is 1. The van der Waals surface area contributed by atoms with Crippen LogP contribution in [0.25, 0.3) is 5.69 Å². The molecule has 2 aromatic carbocycles. The average molecular weight is 455 g/mol. The molecule has 0 radical (unpaired) electrons. The molecule has 0 N–H and O–H groups in total. The van der Waals surface area contributed by atoms with E-state index in [1.165, 1.54) is 28.6 Å². The molecule has 1 aromatic heterocycles. The van der Waals surface area contributed by atoms with E-state index in [0.29, 0.717) is 0 Å². The SMILES string of the molecule is O=C(Cc1cnn(-c2ccccc2)c1)N1CCN(S(=O)(=O)c2ccc([N+](=O)[O-])cc2)CC1. The van der Waals surface area contributed by atoms with Gasteiger partial charge in [0.15, 0.2) is 0 Å². The lowest BCUT2D eigenvalue weighted by molar-refractivity contribution is -0.384. The number of non-ortho nitro benzene ring substituents is 1. The molecule has 2 heterocycles. The van der Waals surface area contributed by atoms with Crippen molar-refractivity contribution >= 4 is 21.6 Å². The molecule has 166 valence electrons. The van der Waals surface area contributed by atoms with Crippen LogP contribution in [0.1, 0.15) is 5.56 Å². The first-order valence-electron chi connectivity index (χ1n) is 9.96. The summed E-state index contributed by atoms with van der Waals surface area (Å²) in [5.74, 6) is -0.0926.